The van der Waals surface area contributed by atoms with Gasteiger partial charge in [-0.2, -0.15) is 0 Å². The van der Waals surface area contributed by atoms with E-state index in [1.54, 1.807) is 0 Å². The average Bonchev–Trinajstić information content (AvgIpc) is 2.69. The number of unbranched alkanes of at least 4 members (excludes halogenated alkanes) is 3. The lowest BCUT2D eigenvalue weighted by Gasteiger charge is -2.38. The molecule has 26 heavy (non-hydrogen) atoms. The molecule has 0 aromatic rings. The lowest BCUT2D eigenvalue weighted by molar-refractivity contribution is -0.0439. The van der Waals surface area contributed by atoms with Crippen molar-refractivity contribution in [2.24, 2.45) is 0 Å². The fourth-order valence-corrected chi connectivity index (χ4v) is 10.2. The lowest BCUT2D eigenvalue weighted by Crippen LogP contribution is -2.48. The molecule has 0 N–H and O–H groups in total. The van der Waals surface area contributed by atoms with Crippen molar-refractivity contribution < 1.29 is 13.3 Å². The Hall–Kier alpha value is 0.531. The van der Waals surface area contributed by atoms with Crippen LogP contribution in [0, 0.1) is 0 Å². The molecule has 0 spiro atoms. The number of rotatable bonds is 18. The minimum Gasteiger partial charge on any atom is -0.419 e. The van der Waals surface area contributed by atoms with Gasteiger partial charge in [0.1, 0.15) is 0 Å². The quantitative estimate of drug-likeness (QED) is 0.145. The van der Waals surface area contributed by atoms with E-state index in [-0.39, 0.29) is 6.29 Å². The van der Waals surface area contributed by atoms with E-state index in [1.165, 1.54) is 68.0 Å². The Bertz CT molecular complexity index is 283. The SMILES string of the molecule is CCCCCC[SiH2]OCC(O[Si](CC)(CC)CC)O[Si](CC)(CC)CC. The third-order valence-corrected chi connectivity index (χ3v) is 16.8. The van der Waals surface area contributed by atoms with E-state index in [1.807, 2.05) is 0 Å². The van der Waals surface area contributed by atoms with Crippen LogP contribution in [0.2, 0.25) is 42.3 Å². The summed E-state index contributed by atoms with van der Waals surface area (Å²) in [6.07, 6.45) is 5.25. The molecule has 0 aliphatic carbocycles. The van der Waals surface area contributed by atoms with Crippen LogP contribution in [-0.2, 0) is 13.3 Å². The van der Waals surface area contributed by atoms with Crippen LogP contribution >= 0.6 is 0 Å². The van der Waals surface area contributed by atoms with Gasteiger partial charge in [-0.15, -0.1) is 0 Å². The molecule has 0 saturated carbocycles. The Kier molecular flexibility index (Phi) is 15.8. The molecule has 3 nitrogen and oxygen atoms in total. The maximum atomic E-state index is 6.74. The zero-order valence-electron chi connectivity index (χ0n) is 19.0. The average molecular weight is 421 g/mol. The molecule has 0 atom stereocenters. The largest absolute Gasteiger partial charge is 0.419 e. The Balaban J connectivity index is 4.78. The second-order valence-electron chi connectivity index (χ2n) is 7.64. The van der Waals surface area contributed by atoms with Gasteiger partial charge in [0.05, 0.1) is 6.61 Å². The van der Waals surface area contributed by atoms with Gasteiger partial charge in [0.25, 0.3) is 0 Å². The van der Waals surface area contributed by atoms with Crippen molar-refractivity contribution in [3.05, 3.63) is 0 Å². The summed E-state index contributed by atoms with van der Waals surface area (Å²) in [6, 6.07) is 8.34. The smallest absolute Gasteiger partial charge is 0.195 e. The minimum atomic E-state index is -1.67. The molecule has 0 heterocycles. The lowest BCUT2D eigenvalue weighted by atomic mass is 10.2. The van der Waals surface area contributed by atoms with Gasteiger partial charge in [-0.05, 0) is 42.3 Å². The zero-order chi connectivity index (χ0) is 19.9. The van der Waals surface area contributed by atoms with Gasteiger partial charge in [0.2, 0.25) is 0 Å². The normalized spacial score (nSPS) is 13.4. The molecule has 0 rings (SSSR count). The van der Waals surface area contributed by atoms with Gasteiger partial charge < -0.3 is 13.3 Å². The molecule has 0 bridgehead atoms. The van der Waals surface area contributed by atoms with Gasteiger partial charge in [0.15, 0.2) is 32.7 Å². The summed E-state index contributed by atoms with van der Waals surface area (Å²) >= 11 is 0. The summed E-state index contributed by atoms with van der Waals surface area (Å²) in [4.78, 5) is 0. The highest BCUT2D eigenvalue weighted by Crippen LogP contribution is 2.28. The van der Waals surface area contributed by atoms with Crippen LogP contribution in [0.4, 0.5) is 0 Å². The summed E-state index contributed by atoms with van der Waals surface area (Å²) in [5.41, 5.74) is 0. The molecular weight excluding hydrogens is 372 g/mol. The van der Waals surface area contributed by atoms with Crippen LogP contribution in [0.25, 0.3) is 0 Å². The van der Waals surface area contributed by atoms with Crippen molar-refractivity contribution in [2.45, 2.75) is 123 Å². The van der Waals surface area contributed by atoms with Crippen molar-refractivity contribution in [3.63, 3.8) is 0 Å². The molecule has 0 aliphatic heterocycles. The number of hydrogen-bond donors (Lipinski definition) is 0. The van der Waals surface area contributed by atoms with Crippen molar-refractivity contribution in [3.8, 4) is 0 Å². The summed E-state index contributed by atoms with van der Waals surface area (Å²) in [5.74, 6) is 0. The predicted octanol–water partition coefficient (Wildman–Crippen LogP) is 6.46. The van der Waals surface area contributed by atoms with Gasteiger partial charge >= 0.3 is 0 Å². The summed E-state index contributed by atoms with van der Waals surface area (Å²) < 4.78 is 19.6. The van der Waals surface area contributed by atoms with Crippen molar-refractivity contribution in [2.75, 3.05) is 6.61 Å². The molecular formula is C20H48O3Si3. The maximum absolute atomic E-state index is 6.74. The molecule has 0 amide bonds. The zero-order valence-corrected chi connectivity index (χ0v) is 22.4. The molecule has 0 saturated heterocycles. The Morgan fingerprint density at radius 2 is 1.12 bits per heavy atom. The molecule has 0 aromatic carbocycles. The van der Waals surface area contributed by atoms with Crippen molar-refractivity contribution in [1.82, 2.24) is 0 Å². The minimum absolute atomic E-state index is 0.115. The Morgan fingerprint density at radius 3 is 1.50 bits per heavy atom. The summed E-state index contributed by atoms with van der Waals surface area (Å²) in [7, 11) is -3.78. The van der Waals surface area contributed by atoms with E-state index < -0.39 is 26.4 Å². The first-order chi connectivity index (χ1) is 12.5. The monoisotopic (exact) mass is 420 g/mol. The number of hydrogen-bond acceptors (Lipinski definition) is 3. The van der Waals surface area contributed by atoms with Crippen LogP contribution < -0.4 is 0 Å². The third kappa shape index (κ3) is 9.64. The van der Waals surface area contributed by atoms with E-state index in [9.17, 15) is 0 Å². The highest BCUT2D eigenvalue weighted by Gasteiger charge is 2.37. The first kappa shape index (κ1) is 26.5. The molecule has 0 aliphatic rings. The Labute approximate surface area is 169 Å². The summed E-state index contributed by atoms with van der Waals surface area (Å²) in [5, 5.41) is 0. The van der Waals surface area contributed by atoms with Crippen LogP contribution in [-0.4, -0.2) is 39.3 Å². The van der Waals surface area contributed by atoms with Crippen LogP contribution in [0.5, 0.6) is 0 Å². The van der Waals surface area contributed by atoms with Crippen LogP contribution in [0.1, 0.15) is 74.1 Å². The van der Waals surface area contributed by atoms with Crippen molar-refractivity contribution in [1.29, 1.82) is 0 Å². The first-order valence-corrected chi connectivity index (χ1v) is 18.1. The van der Waals surface area contributed by atoms with Gasteiger partial charge in [0, 0.05) is 0 Å². The van der Waals surface area contributed by atoms with Gasteiger partial charge in [-0.1, -0.05) is 74.1 Å². The van der Waals surface area contributed by atoms with E-state index >= 15 is 0 Å². The second-order valence-corrected chi connectivity index (χ2v) is 18.6. The van der Waals surface area contributed by atoms with E-state index in [0.29, 0.717) is 6.61 Å². The molecule has 0 unspecified atom stereocenters. The highest BCUT2D eigenvalue weighted by molar-refractivity contribution is 6.74. The summed E-state index contributed by atoms with van der Waals surface area (Å²) in [6.45, 7) is 16.7. The highest BCUT2D eigenvalue weighted by atomic mass is 28.4. The van der Waals surface area contributed by atoms with Gasteiger partial charge in [-0.25, -0.2) is 0 Å². The topological polar surface area (TPSA) is 27.7 Å². The first-order valence-electron chi connectivity index (χ1n) is 11.4. The fourth-order valence-electron chi connectivity index (χ4n) is 3.64. The second kappa shape index (κ2) is 15.5. The van der Waals surface area contributed by atoms with E-state index in [4.69, 9.17) is 13.3 Å². The predicted molar refractivity (Wildman–Crippen MR) is 124 cm³/mol. The van der Waals surface area contributed by atoms with Crippen LogP contribution in [0.3, 0.4) is 0 Å². The van der Waals surface area contributed by atoms with Gasteiger partial charge in [-0.3, -0.25) is 0 Å². The maximum Gasteiger partial charge on any atom is 0.195 e. The standard InChI is InChI=1S/C20H48O3Si3/c1-8-15-16-17-18-24-21-19-20(22-25(9-2,10-3)11-4)23-26(12-5,13-6)14-7/h20H,8-19,24H2,1-7H3. The molecule has 0 aromatic heterocycles. The van der Waals surface area contributed by atoms with Crippen molar-refractivity contribution >= 4 is 26.4 Å². The Morgan fingerprint density at radius 1 is 0.654 bits per heavy atom. The van der Waals surface area contributed by atoms with E-state index in [0.717, 1.165) is 0 Å². The third-order valence-electron chi connectivity index (χ3n) is 6.28. The molecule has 6 heteroatoms. The molecule has 0 fully saturated rings. The molecule has 158 valence electrons. The molecule has 0 radical (unpaired) electrons. The van der Waals surface area contributed by atoms with E-state index in [2.05, 4.69) is 48.5 Å². The van der Waals surface area contributed by atoms with Crippen LogP contribution in [0.15, 0.2) is 0 Å². The fraction of sp³-hybridized carbons (Fsp3) is 1.00.